The summed E-state index contributed by atoms with van der Waals surface area (Å²) in [4.78, 5) is 11.7. The van der Waals surface area contributed by atoms with Crippen LogP contribution in [0, 0.1) is 22.6 Å². The van der Waals surface area contributed by atoms with Crippen LogP contribution in [0.3, 0.4) is 0 Å². The number of phenols is 1. The number of esters is 1. The minimum Gasteiger partial charge on any atom is -0.506 e. The number of phenolic OH excluding ortho intramolecular Hbond substituents is 1. The number of carbonyl (C=O) groups is 1. The fourth-order valence-corrected chi connectivity index (χ4v) is 1.72. The predicted molar refractivity (Wildman–Crippen MR) is 65.5 cm³/mol. The van der Waals surface area contributed by atoms with Crippen molar-refractivity contribution in [1.29, 1.82) is 5.26 Å². The maximum atomic E-state index is 13.3. The Morgan fingerprint density at radius 2 is 2.16 bits per heavy atom. The van der Waals surface area contributed by atoms with Gasteiger partial charge in [0.25, 0.3) is 0 Å². The molecule has 0 radical (unpaired) electrons. The zero-order valence-corrected chi connectivity index (χ0v) is 10.9. The van der Waals surface area contributed by atoms with E-state index in [1.54, 1.807) is 19.9 Å². The lowest BCUT2D eigenvalue weighted by Crippen LogP contribution is -2.37. The minimum atomic E-state index is -1.13. The van der Waals surface area contributed by atoms with E-state index in [1.807, 2.05) is 0 Å². The SMILES string of the molecule is COC(=O)C(C)(C)[C@@H](N)c1ccc(F)c(C#N)c1O. The van der Waals surface area contributed by atoms with E-state index in [2.05, 4.69) is 4.74 Å². The Hall–Kier alpha value is -2.13. The maximum Gasteiger partial charge on any atom is 0.313 e. The number of rotatable bonds is 3. The van der Waals surface area contributed by atoms with Crippen molar-refractivity contribution >= 4 is 5.97 Å². The highest BCUT2D eigenvalue weighted by atomic mass is 19.1. The second kappa shape index (κ2) is 5.24. The van der Waals surface area contributed by atoms with Gasteiger partial charge in [-0.2, -0.15) is 5.26 Å². The Labute approximate surface area is 110 Å². The van der Waals surface area contributed by atoms with E-state index >= 15 is 0 Å². The number of methoxy groups -OCH3 is 1. The molecule has 0 aromatic heterocycles. The van der Waals surface area contributed by atoms with Gasteiger partial charge in [-0.1, -0.05) is 6.07 Å². The van der Waals surface area contributed by atoms with E-state index in [4.69, 9.17) is 11.0 Å². The van der Waals surface area contributed by atoms with Crippen LogP contribution in [0.2, 0.25) is 0 Å². The number of carbonyl (C=O) groups excluding carboxylic acids is 1. The number of nitrogens with two attached hydrogens (primary N) is 1. The monoisotopic (exact) mass is 266 g/mol. The van der Waals surface area contributed by atoms with Gasteiger partial charge in [0.1, 0.15) is 23.2 Å². The fourth-order valence-electron chi connectivity index (χ4n) is 1.72. The average molecular weight is 266 g/mol. The van der Waals surface area contributed by atoms with Gasteiger partial charge in [-0.15, -0.1) is 0 Å². The minimum absolute atomic E-state index is 0.119. The zero-order chi connectivity index (χ0) is 14.8. The molecule has 3 N–H and O–H groups in total. The van der Waals surface area contributed by atoms with Gasteiger partial charge >= 0.3 is 5.97 Å². The van der Waals surface area contributed by atoms with E-state index in [-0.39, 0.29) is 5.56 Å². The second-order valence-corrected chi connectivity index (χ2v) is 4.66. The first-order chi connectivity index (χ1) is 8.77. The molecule has 0 heterocycles. The summed E-state index contributed by atoms with van der Waals surface area (Å²) >= 11 is 0. The molecule has 0 amide bonds. The van der Waals surface area contributed by atoms with Gasteiger partial charge in [-0.05, 0) is 19.9 Å². The topological polar surface area (TPSA) is 96.3 Å². The van der Waals surface area contributed by atoms with Gasteiger partial charge < -0.3 is 15.6 Å². The number of hydrogen-bond donors (Lipinski definition) is 2. The molecule has 0 bridgehead atoms. The zero-order valence-electron chi connectivity index (χ0n) is 10.9. The van der Waals surface area contributed by atoms with Crippen molar-refractivity contribution in [1.82, 2.24) is 0 Å². The lowest BCUT2D eigenvalue weighted by molar-refractivity contribution is -0.152. The number of nitriles is 1. The molecule has 1 rings (SSSR count). The summed E-state index contributed by atoms with van der Waals surface area (Å²) in [6, 6.07) is 2.90. The number of nitrogens with zero attached hydrogens (tertiary/aromatic N) is 1. The molecule has 102 valence electrons. The summed E-state index contributed by atoms with van der Waals surface area (Å²) in [7, 11) is 1.22. The van der Waals surface area contributed by atoms with E-state index < -0.39 is 34.6 Å². The van der Waals surface area contributed by atoms with Crippen molar-refractivity contribution in [2.45, 2.75) is 19.9 Å². The van der Waals surface area contributed by atoms with Gasteiger partial charge in [0.2, 0.25) is 0 Å². The summed E-state index contributed by atoms with van der Waals surface area (Å²) in [5.41, 5.74) is 4.43. The molecule has 0 unspecified atom stereocenters. The normalized spacial score (nSPS) is 12.6. The highest BCUT2D eigenvalue weighted by molar-refractivity contribution is 5.77. The first-order valence-electron chi connectivity index (χ1n) is 5.52. The first-order valence-corrected chi connectivity index (χ1v) is 5.52. The largest absolute Gasteiger partial charge is 0.506 e. The van der Waals surface area contributed by atoms with Gasteiger partial charge in [0.05, 0.1) is 12.5 Å². The van der Waals surface area contributed by atoms with Gasteiger partial charge in [0, 0.05) is 11.6 Å². The van der Waals surface area contributed by atoms with E-state index in [0.29, 0.717) is 0 Å². The smallest absolute Gasteiger partial charge is 0.313 e. The second-order valence-electron chi connectivity index (χ2n) is 4.66. The Morgan fingerprint density at radius 3 is 2.63 bits per heavy atom. The number of benzene rings is 1. The van der Waals surface area contributed by atoms with Crippen LogP contribution in [0.15, 0.2) is 12.1 Å². The van der Waals surface area contributed by atoms with Crippen LogP contribution in [-0.2, 0) is 9.53 Å². The van der Waals surface area contributed by atoms with Crippen LogP contribution in [0.5, 0.6) is 5.75 Å². The Kier molecular flexibility index (Phi) is 4.12. The summed E-state index contributed by atoms with van der Waals surface area (Å²) < 4.78 is 17.9. The Bertz CT molecular complexity index is 550. The van der Waals surface area contributed by atoms with Crippen LogP contribution >= 0.6 is 0 Å². The first kappa shape index (κ1) is 14.9. The number of hydrogen-bond acceptors (Lipinski definition) is 5. The van der Waals surface area contributed by atoms with Crippen LogP contribution in [-0.4, -0.2) is 18.2 Å². The molecular formula is C13H15FN2O3. The van der Waals surface area contributed by atoms with Gasteiger partial charge in [0.15, 0.2) is 0 Å². The third kappa shape index (κ3) is 2.51. The maximum absolute atomic E-state index is 13.3. The molecule has 0 spiro atoms. The molecule has 19 heavy (non-hydrogen) atoms. The molecule has 1 aromatic carbocycles. The Balaban J connectivity index is 3.33. The molecule has 0 saturated heterocycles. The summed E-state index contributed by atoms with van der Waals surface area (Å²) in [6.45, 7) is 3.08. The standard InChI is InChI=1S/C13H15FN2O3/c1-13(2,12(18)19-3)11(16)7-4-5-9(14)8(6-15)10(7)17/h4-5,11,17H,16H2,1-3H3/t11-/m0/s1. The molecule has 0 fully saturated rings. The molecule has 1 atom stereocenters. The summed E-state index contributed by atoms with van der Waals surface area (Å²) in [5, 5.41) is 18.6. The lowest BCUT2D eigenvalue weighted by atomic mass is 9.80. The van der Waals surface area contributed by atoms with Crippen molar-refractivity contribution in [3.63, 3.8) is 0 Å². The summed E-state index contributed by atoms with van der Waals surface area (Å²) in [6.07, 6.45) is 0. The van der Waals surface area contributed by atoms with Crippen LogP contribution in [0.4, 0.5) is 4.39 Å². The van der Waals surface area contributed by atoms with Crippen LogP contribution in [0.1, 0.15) is 31.0 Å². The molecule has 0 saturated carbocycles. The number of halogens is 1. The van der Waals surface area contributed by atoms with E-state index in [9.17, 15) is 14.3 Å². The third-order valence-corrected chi connectivity index (χ3v) is 3.09. The third-order valence-electron chi connectivity index (χ3n) is 3.09. The van der Waals surface area contributed by atoms with E-state index in [1.165, 1.54) is 13.2 Å². The number of ether oxygens (including phenoxy) is 1. The Morgan fingerprint density at radius 1 is 1.58 bits per heavy atom. The molecular weight excluding hydrogens is 251 g/mol. The molecule has 5 nitrogen and oxygen atoms in total. The van der Waals surface area contributed by atoms with Crippen molar-refractivity contribution in [2.75, 3.05) is 7.11 Å². The molecule has 1 aromatic rings. The predicted octanol–water partition coefficient (Wildman–Crippen LogP) is 1.60. The fraction of sp³-hybridized carbons (Fsp3) is 0.385. The van der Waals surface area contributed by atoms with Crippen molar-refractivity contribution in [2.24, 2.45) is 11.1 Å². The average Bonchev–Trinajstić information content (AvgIpc) is 2.37. The van der Waals surface area contributed by atoms with E-state index in [0.717, 1.165) is 6.07 Å². The van der Waals surface area contributed by atoms with Crippen molar-refractivity contribution < 1.29 is 19.0 Å². The highest BCUT2D eigenvalue weighted by Crippen LogP contribution is 2.38. The van der Waals surface area contributed by atoms with Crippen molar-refractivity contribution in [3.8, 4) is 11.8 Å². The molecule has 0 aliphatic heterocycles. The van der Waals surface area contributed by atoms with Crippen LogP contribution in [0.25, 0.3) is 0 Å². The van der Waals surface area contributed by atoms with Gasteiger partial charge in [-0.25, -0.2) is 4.39 Å². The van der Waals surface area contributed by atoms with Gasteiger partial charge in [-0.3, -0.25) is 4.79 Å². The van der Waals surface area contributed by atoms with Crippen LogP contribution < -0.4 is 5.73 Å². The summed E-state index contributed by atoms with van der Waals surface area (Å²) in [5.74, 6) is -1.96. The van der Waals surface area contributed by atoms with Crippen molar-refractivity contribution in [3.05, 3.63) is 29.1 Å². The molecule has 0 aliphatic carbocycles. The molecule has 0 aliphatic rings. The molecule has 6 heteroatoms. The lowest BCUT2D eigenvalue weighted by Gasteiger charge is -2.29. The quantitative estimate of drug-likeness (QED) is 0.810. The highest BCUT2D eigenvalue weighted by Gasteiger charge is 2.38. The number of aromatic hydroxyl groups is 1.